The van der Waals surface area contributed by atoms with Gasteiger partial charge in [-0.25, -0.2) is 13.2 Å². The van der Waals surface area contributed by atoms with Crippen LogP contribution in [0.2, 0.25) is 0 Å². The molecule has 1 heterocycles. The van der Waals surface area contributed by atoms with Gasteiger partial charge in [-0.05, 0) is 51.3 Å². The Bertz CT molecular complexity index is 740. The van der Waals surface area contributed by atoms with Gasteiger partial charge in [0.05, 0.1) is 12.9 Å². The molecule has 0 aliphatic carbocycles. The van der Waals surface area contributed by atoms with Gasteiger partial charge in [0.25, 0.3) is 0 Å². The van der Waals surface area contributed by atoms with Gasteiger partial charge in [-0.15, -0.1) is 0 Å². The lowest BCUT2D eigenvalue weighted by molar-refractivity contribution is 0.0173. The van der Waals surface area contributed by atoms with Gasteiger partial charge >= 0.3 is 6.09 Å². The summed E-state index contributed by atoms with van der Waals surface area (Å²) < 4.78 is 37.7. The van der Waals surface area contributed by atoms with Crippen molar-refractivity contribution < 1.29 is 22.7 Å². The molecule has 1 amide bonds. The third-order valence-corrected chi connectivity index (χ3v) is 6.31. The van der Waals surface area contributed by atoms with Crippen molar-refractivity contribution in [2.75, 3.05) is 27.2 Å². The molecule has 8 heteroatoms. The average Bonchev–Trinajstić information content (AvgIpc) is 2.60. The van der Waals surface area contributed by atoms with Crippen LogP contribution in [0.4, 0.5) is 4.79 Å². The van der Waals surface area contributed by atoms with Crippen molar-refractivity contribution in [1.29, 1.82) is 0 Å². The van der Waals surface area contributed by atoms with E-state index in [-0.39, 0.29) is 18.3 Å². The number of piperidine rings is 1. The monoisotopic (exact) mass is 398 g/mol. The number of likely N-dealkylation sites (N-methyl/N-ethyl adjacent to an activating group) is 1. The van der Waals surface area contributed by atoms with Crippen LogP contribution in [0.25, 0.3) is 0 Å². The molecule has 1 saturated heterocycles. The van der Waals surface area contributed by atoms with Crippen molar-refractivity contribution >= 4 is 16.1 Å². The second kappa shape index (κ2) is 8.48. The zero-order valence-electron chi connectivity index (χ0n) is 16.8. The Morgan fingerprint density at radius 3 is 2.44 bits per heavy atom. The van der Waals surface area contributed by atoms with Crippen LogP contribution in [0, 0.1) is 0 Å². The Morgan fingerprint density at radius 1 is 1.26 bits per heavy atom. The van der Waals surface area contributed by atoms with Gasteiger partial charge < -0.3 is 14.4 Å². The van der Waals surface area contributed by atoms with E-state index in [9.17, 15) is 13.2 Å². The molecule has 0 unspecified atom stereocenters. The van der Waals surface area contributed by atoms with Crippen LogP contribution in [0.5, 0.6) is 5.75 Å². The van der Waals surface area contributed by atoms with Crippen molar-refractivity contribution in [2.45, 2.75) is 51.0 Å². The smallest absolute Gasteiger partial charge is 0.410 e. The maximum absolute atomic E-state index is 12.8. The molecule has 0 saturated carbocycles. The highest BCUT2D eigenvalue weighted by Crippen LogP contribution is 2.22. The highest BCUT2D eigenvalue weighted by atomic mass is 32.2. The van der Waals surface area contributed by atoms with Crippen molar-refractivity contribution in [3.8, 4) is 5.75 Å². The minimum absolute atomic E-state index is 0.0696. The zero-order chi connectivity index (χ0) is 20.2. The molecule has 1 fully saturated rings. The summed E-state index contributed by atoms with van der Waals surface area (Å²) in [4.78, 5) is 13.8. The summed E-state index contributed by atoms with van der Waals surface area (Å²) in [6.07, 6.45) is 1.03. The fraction of sp³-hybridized carbons (Fsp3) is 0.632. The van der Waals surface area contributed by atoms with Crippen LogP contribution in [0.3, 0.4) is 0 Å². The van der Waals surface area contributed by atoms with E-state index in [2.05, 4.69) is 0 Å². The van der Waals surface area contributed by atoms with Crippen LogP contribution in [0.15, 0.2) is 24.3 Å². The maximum Gasteiger partial charge on any atom is 0.410 e. The second-order valence-electron chi connectivity index (χ2n) is 7.85. The van der Waals surface area contributed by atoms with Crippen molar-refractivity contribution in [3.63, 3.8) is 0 Å². The minimum Gasteiger partial charge on any atom is -0.497 e. The predicted molar refractivity (Wildman–Crippen MR) is 104 cm³/mol. The maximum atomic E-state index is 12.8. The lowest BCUT2D eigenvalue weighted by atomic mass is 10.1. The van der Waals surface area contributed by atoms with Gasteiger partial charge in [-0.1, -0.05) is 12.1 Å². The van der Waals surface area contributed by atoms with Crippen LogP contribution in [-0.2, 0) is 20.5 Å². The molecule has 2 rings (SSSR count). The van der Waals surface area contributed by atoms with Gasteiger partial charge in [0, 0.05) is 26.2 Å². The summed E-state index contributed by atoms with van der Waals surface area (Å²) in [6.45, 7) is 6.19. The van der Waals surface area contributed by atoms with Crippen molar-refractivity contribution in [3.05, 3.63) is 29.8 Å². The molecular weight excluding hydrogens is 368 g/mol. The molecule has 0 aromatic heterocycles. The Hall–Kier alpha value is -1.80. The Kier molecular flexibility index (Phi) is 6.75. The topological polar surface area (TPSA) is 76.2 Å². The van der Waals surface area contributed by atoms with Crippen LogP contribution in [0.1, 0.15) is 39.2 Å². The summed E-state index contributed by atoms with van der Waals surface area (Å²) in [6, 6.07) is 6.81. The number of sulfonamides is 1. The van der Waals surface area contributed by atoms with E-state index >= 15 is 0 Å². The van der Waals surface area contributed by atoms with E-state index < -0.39 is 21.7 Å². The Labute approximate surface area is 162 Å². The SMILES string of the molecule is COc1ccc(CS(=O)(=O)N2CCC[C@H](N(C)C(=O)OC(C)(C)C)C2)cc1. The largest absolute Gasteiger partial charge is 0.497 e. The minimum atomic E-state index is -3.47. The van der Waals surface area contributed by atoms with E-state index in [0.717, 1.165) is 6.42 Å². The number of methoxy groups -OCH3 is 1. The molecule has 0 N–H and O–H groups in total. The first-order valence-corrected chi connectivity index (χ1v) is 10.7. The van der Waals surface area contributed by atoms with Crippen LogP contribution in [-0.4, -0.2) is 62.6 Å². The van der Waals surface area contributed by atoms with E-state index in [1.165, 1.54) is 9.21 Å². The molecule has 1 aliphatic rings. The molecule has 27 heavy (non-hydrogen) atoms. The van der Waals surface area contributed by atoms with Gasteiger partial charge in [0.15, 0.2) is 0 Å². The average molecular weight is 399 g/mol. The molecule has 1 atom stereocenters. The normalized spacial score (nSPS) is 18.8. The van der Waals surface area contributed by atoms with E-state index in [1.807, 2.05) is 20.8 Å². The van der Waals surface area contributed by atoms with E-state index in [4.69, 9.17) is 9.47 Å². The molecule has 1 aromatic rings. The summed E-state index contributed by atoms with van der Waals surface area (Å²) in [7, 11) is -0.234. The van der Waals surface area contributed by atoms with Gasteiger partial charge in [-0.3, -0.25) is 0 Å². The van der Waals surface area contributed by atoms with Crippen molar-refractivity contribution in [2.24, 2.45) is 0 Å². The lowest BCUT2D eigenvalue weighted by Gasteiger charge is -2.37. The first-order valence-electron chi connectivity index (χ1n) is 9.08. The third kappa shape index (κ3) is 6.10. The molecule has 0 radical (unpaired) electrons. The highest BCUT2D eigenvalue weighted by Gasteiger charge is 2.33. The first-order chi connectivity index (χ1) is 12.5. The molecule has 0 bridgehead atoms. The standard InChI is InChI=1S/C19H30N2O5S/c1-19(2,3)26-18(22)20(4)16-7-6-12-21(13-16)27(23,24)14-15-8-10-17(25-5)11-9-15/h8-11,16H,6-7,12-14H2,1-5H3/t16-/m0/s1. The number of carbonyl (C=O) groups excluding carboxylic acids is 1. The third-order valence-electron chi connectivity index (χ3n) is 4.49. The van der Waals surface area contributed by atoms with E-state index in [0.29, 0.717) is 24.3 Å². The Morgan fingerprint density at radius 2 is 1.89 bits per heavy atom. The number of amides is 1. The van der Waals surface area contributed by atoms with Gasteiger partial charge in [0.1, 0.15) is 11.4 Å². The number of ether oxygens (including phenoxy) is 2. The van der Waals surface area contributed by atoms with E-state index in [1.54, 1.807) is 38.4 Å². The quantitative estimate of drug-likeness (QED) is 0.762. The fourth-order valence-corrected chi connectivity index (χ4v) is 4.60. The lowest BCUT2D eigenvalue weighted by Crippen LogP contribution is -2.51. The predicted octanol–water partition coefficient (Wildman–Crippen LogP) is 2.86. The van der Waals surface area contributed by atoms with Crippen LogP contribution >= 0.6 is 0 Å². The number of hydrogen-bond donors (Lipinski definition) is 0. The first kappa shape index (κ1) is 21.5. The number of rotatable bonds is 5. The summed E-state index contributed by atoms with van der Waals surface area (Å²) in [5, 5.41) is 0. The summed E-state index contributed by atoms with van der Waals surface area (Å²) in [5.41, 5.74) is 0.124. The van der Waals surface area contributed by atoms with Crippen molar-refractivity contribution in [1.82, 2.24) is 9.21 Å². The van der Waals surface area contributed by atoms with Crippen LogP contribution < -0.4 is 4.74 Å². The number of benzene rings is 1. The number of hydrogen-bond acceptors (Lipinski definition) is 5. The highest BCUT2D eigenvalue weighted by molar-refractivity contribution is 7.88. The Balaban J connectivity index is 2.03. The molecule has 0 spiro atoms. The number of nitrogens with zero attached hydrogens (tertiary/aromatic N) is 2. The second-order valence-corrected chi connectivity index (χ2v) is 9.82. The number of carbonyl (C=O) groups is 1. The molecule has 1 aromatic carbocycles. The molecule has 7 nitrogen and oxygen atoms in total. The fourth-order valence-electron chi connectivity index (χ4n) is 3.00. The van der Waals surface area contributed by atoms with Gasteiger partial charge in [0.2, 0.25) is 10.0 Å². The van der Waals surface area contributed by atoms with Gasteiger partial charge in [-0.2, -0.15) is 4.31 Å². The zero-order valence-corrected chi connectivity index (χ0v) is 17.6. The summed E-state index contributed by atoms with van der Waals surface area (Å²) in [5.74, 6) is 0.619. The molecular formula is C19H30N2O5S. The summed E-state index contributed by atoms with van der Waals surface area (Å²) >= 11 is 0. The molecule has 152 valence electrons. The molecule has 1 aliphatic heterocycles.